The van der Waals surface area contributed by atoms with Crippen LogP contribution < -0.4 is 0 Å². The Bertz CT molecular complexity index is 284. The first-order valence-electron chi connectivity index (χ1n) is 4.38. The van der Waals surface area contributed by atoms with E-state index in [0.29, 0.717) is 0 Å². The van der Waals surface area contributed by atoms with Crippen molar-refractivity contribution in [3.8, 4) is 0 Å². The maximum absolute atomic E-state index is 11.7. The summed E-state index contributed by atoms with van der Waals surface area (Å²) in [4.78, 5) is 0. The lowest BCUT2D eigenvalue weighted by atomic mass is 10.1. The van der Waals surface area contributed by atoms with Gasteiger partial charge in [0.2, 0.25) is 0 Å². The van der Waals surface area contributed by atoms with Crippen molar-refractivity contribution in [3.63, 3.8) is 0 Å². The zero-order valence-electron chi connectivity index (χ0n) is 7.87. The van der Waals surface area contributed by atoms with Crippen LogP contribution in [-0.2, 0) is 11.2 Å². The molecule has 0 amide bonds. The highest BCUT2D eigenvalue weighted by Gasteiger charge is 2.28. The fourth-order valence-electron chi connectivity index (χ4n) is 1.07. The minimum Gasteiger partial charge on any atom is -0.368 e. The highest BCUT2D eigenvalue weighted by molar-refractivity contribution is 5.14. The molecule has 1 aromatic carbocycles. The van der Waals surface area contributed by atoms with Gasteiger partial charge >= 0.3 is 6.18 Å². The Balaban J connectivity index is 2.34. The van der Waals surface area contributed by atoms with E-state index in [1.165, 1.54) is 0 Å². The molecule has 5 heteroatoms. The van der Waals surface area contributed by atoms with Gasteiger partial charge in [-0.05, 0) is 5.56 Å². The van der Waals surface area contributed by atoms with Crippen LogP contribution in [0.15, 0.2) is 30.3 Å². The predicted octanol–water partition coefficient (Wildman–Crippen LogP) is 2.13. The monoisotopic (exact) mass is 220 g/mol. The van der Waals surface area contributed by atoms with E-state index in [-0.39, 0.29) is 6.42 Å². The standard InChI is InChI=1S/C10H11F3O2/c11-10(12,13)7-15-9(14)6-8-4-2-1-3-5-8/h1-5,9,14H,6-7H2. The van der Waals surface area contributed by atoms with Crippen LogP contribution in [0.1, 0.15) is 5.56 Å². The molecule has 1 N–H and O–H groups in total. The lowest BCUT2D eigenvalue weighted by Crippen LogP contribution is -2.24. The van der Waals surface area contributed by atoms with Crippen LogP contribution in [0.4, 0.5) is 13.2 Å². The van der Waals surface area contributed by atoms with Crippen molar-refractivity contribution in [3.05, 3.63) is 35.9 Å². The third-order valence-corrected chi connectivity index (χ3v) is 1.69. The molecule has 0 saturated heterocycles. The van der Waals surface area contributed by atoms with E-state index < -0.39 is 19.1 Å². The molecule has 0 aliphatic carbocycles. The second kappa shape index (κ2) is 5.14. The molecule has 1 atom stereocenters. The van der Waals surface area contributed by atoms with Crippen molar-refractivity contribution >= 4 is 0 Å². The molecule has 0 bridgehead atoms. The van der Waals surface area contributed by atoms with Crippen LogP contribution in [0.25, 0.3) is 0 Å². The third kappa shape index (κ3) is 5.39. The van der Waals surface area contributed by atoms with E-state index in [4.69, 9.17) is 5.11 Å². The predicted molar refractivity (Wildman–Crippen MR) is 48.2 cm³/mol. The summed E-state index contributed by atoms with van der Waals surface area (Å²) in [7, 11) is 0. The van der Waals surface area contributed by atoms with Gasteiger partial charge in [0.05, 0.1) is 0 Å². The molecule has 0 aromatic heterocycles. The van der Waals surface area contributed by atoms with Crippen molar-refractivity contribution in [2.24, 2.45) is 0 Å². The SMILES string of the molecule is OC(Cc1ccccc1)OCC(F)(F)F. The molecule has 84 valence electrons. The third-order valence-electron chi connectivity index (χ3n) is 1.69. The largest absolute Gasteiger partial charge is 0.411 e. The number of ether oxygens (including phenoxy) is 1. The van der Waals surface area contributed by atoms with E-state index in [1.54, 1.807) is 30.3 Å². The first-order chi connectivity index (χ1) is 6.97. The number of hydrogen-bond donors (Lipinski definition) is 1. The highest BCUT2D eigenvalue weighted by Crippen LogP contribution is 2.16. The van der Waals surface area contributed by atoms with Gasteiger partial charge in [-0.25, -0.2) is 0 Å². The summed E-state index contributed by atoms with van der Waals surface area (Å²) in [6.45, 7) is -1.43. The van der Waals surface area contributed by atoms with Crippen LogP contribution >= 0.6 is 0 Å². The lowest BCUT2D eigenvalue weighted by Gasteiger charge is -2.13. The summed E-state index contributed by atoms with van der Waals surface area (Å²) < 4.78 is 39.4. The molecule has 0 fully saturated rings. The maximum atomic E-state index is 11.7. The molecule has 0 saturated carbocycles. The van der Waals surface area contributed by atoms with Gasteiger partial charge in [0.25, 0.3) is 0 Å². The number of alkyl halides is 3. The van der Waals surface area contributed by atoms with Gasteiger partial charge in [0, 0.05) is 6.42 Å². The van der Waals surface area contributed by atoms with Gasteiger partial charge in [0.1, 0.15) is 6.61 Å². The second-order valence-corrected chi connectivity index (χ2v) is 3.07. The van der Waals surface area contributed by atoms with Crippen LogP contribution in [0.2, 0.25) is 0 Å². The summed E-state index contributed by atoms with van der Waals surface area (Å²) in [6.07, 6.45) is -5.77. The minimum absolute atomic E-state index is 0.0525. The number of aliphatic hydroxyl groups excluding tert-OH is 1. The van der Waals surface area contributed by atoms with Gasteiger partial charge in [-0.3, -0.25) is 0 Å². The molecule has 1 rings (SSSR count). The average Bonchev–Trinajstić information content (AvgIpc) is 2.15. The zero-order valence-corrected chi connectivity index (χ0v) is 7.87. The Morgan fingerprint density at radius 3 is 2.33 bits per heavy atom. The average molecular weight is 220 g/mol. The molecule has 0 spiro atoms. The van der Waals surface area contributed by atoms with E-state index >= 15 is 0 Å². The number of hydrogen-bond acceptors (Lipinski definition) is 2. The van der Waals surface area contributed by atoms with Crippen molar-refractivity contribution in [1.82, 2.24) is 0 Å². The number of rotatable bonds is 4. The van der Waals surface area contributed by atoms with E-state index in [9.17, 15) is 13.2 Å². The molecule has 2 nitrogen and oxygen atoms in total. The van der Waals surface area contributed by atoms with E-state index in [0.717, 1.165) is 5.56 Å². The molecular weight excluding hydrogens is 209 g/mol. The Labute approximate surface area is 85.3 Å². The normalized spacial score (nSPS) is 13.9. The summed E-state index contributed by atoms with van der Waals surface area (Å²) in [6, 6.07) is 8.68. The van der Waals surface area contributed by atoms with Gasteiger partial charge in [-0.1, -0.05) is 30.3 Å². The maximum Gasteiger partial charge on any atom is 0.411 e. The summed E-state index contributed by atoms with van der Waals surface area (Å²) in [5, 5.41) is 9.14. The topological polar surface area (TPSA) is 29.5 Å². The quantitative estimate of drug-likeness (QED) is 0.787. The van der Waals surface area contributed by atoms with E-state index in [1.807, 2.05) is 0 Å². The first-order valence-corrected chi connectivity index (χ1v) is 4.38. The molecular formula is C10H11F3O2. The number of benzene rings is 1. The van der Waals surface area contributed by atoms with Crippen LogP contribution in [0.5, 0.6) is 0 Å². The van der Waals surface area contributed by atoms with Gasteiger partial charge in [-0.2, -0.15) is 13.2 Å². The Kier molecular flexibility index (Phi) is 4.11. The van der Waals surface area contributed by atoms with Gasteiger partial charge in [0.15, 0.2) is 6.29 Å². The van der Waals surface area contributed by atoms with Crippen LogP contribution in [0, 0.1) is 0 Å². The Morgan fingerprint density at radius 1 is 1.20 bits per heavy atom. The van der Waals surface area contributed by atoms with Crippen LogP contribution in [0.3, 0.4) is 0 Å². The molecule has 15 heavy (non-hydrogen) atoms. The Hall–Kier alpha value is -1.07. The fourth-order valence-corrected chi connectivity index (χ4v) is 1.07. The fraction of sp³-hybridized carbons (Fsp3) is 0.400. The number of halogens is 3. The van der Waals surface area contributed by atoms with Crippen molar-refractivity contribution in [2.45, 2.75) is 18.9 Å². The Morgan fingerprint density at radius 2 is 1.80 bits per heavy atom. The molecule has 0 heterocycles. The van der Waals surface area contributed by atoms with Crippen molar-refractivity contribution < 1.29 is 23.0 Å². The molecule has 1 unspecified atom stereocenters. The van der Waals surface area contributed by atoms with Crippen molar-refractivity contribution in [1.29, 1.82) is 0 Å². The molecule has 0 aliphatic heterocycles. The van der Waals surface area contributed by atoms with Gasteiger partial charge < -0.3 is 9.84 Å². The molecule has 1 aromatic rings. The van der Waals surface area contributed by atoms with Gasteiger partial charge in [-0.15, -0.1) is 0 Å². The van der Waals surface area contributed by atoms with Crippen LogP contribution in [-0.4, -0.2) is 24.2 Å². The summed E-state index contributed by atoms with van der Waals surface area (Å²) >= 11 is 0. The minimum atomic E-state index is -4.41. The van der Waals surface area contributed by atoms with E-state index in [2.05, 4.69) is 4.74 Å². The number of aliphatic hydroxyl groups is 1. The lowest BCUT2D eigenvalue weighted by molar-refractivity contribution is -0.215. The summed E-state index contributed by atoms with van der Waals surface area (Å²) in [5.41, 5.74) is 0.729. The smallest absolute Gasteiger partial charge is 0.368 e. The molecule has 0 aliphatic rings. The second-order valence-electron chi connectivity index (χ2n) is 3.07. The summed E-state index contributed by atoms with van der Waals surface area (Å²) in [5.74, 6) is 0. The molecule has 0 radical (unpaired) electrons. The van der Waals surface area contributed by atoms with Crippen molar-refractivity contribution in [2.75, 3.05) is 6.61 Å². The zero-order chi connectivity index (χ0) is 11.3. The highest BCUT2D eigenvalue weighted by atomic mass is 19.4. The first kappa shape index (κ1) is 12.0.